The van der Waals surface area contributed by atoms with Crippen molar-refractivity contribution in [3.8, 4) is 0 Å². The maximum absolute atomic E-state index is 13.6. The first-order valence-corrected chi connectivity index (χ1v) is 5.71. The predicted molar refractivity (Wildman–Crippen MR) is 59.9 cm³/mol. The lowest BCUT2D eigenvalue weighted by Gasteiger charge is -2.12. The van der Waals surface area contributed by atoms with Crippen LogP contribution in [-0.4, -0.2) is 17.1 Å². The zero-order chi connectivity index (χ0) is 12.6. The average Bonchev–Trinajstić information content (AvgIpc) is 3.01. The molecule has 2 rings (SSSR count). The Bertz CT molecular complexity index is 522. The molecule has 0 bridgehead atoms. The number of rotatable bonds is 3. The van der Waals surface area contributed by atoms with Crippen LogP contribution < -0.4 is 5.43 Å². The lowest BCUT2D eigenvalue weighted by molar-refractivity contribution is 0.0524. The van der Waals surface area contributed by atoms with Crippen LogP contribution >= 0.6 is 11.6 Å². The van der Waals surface area contributed by atoms with Gasteiger partial charge in [0.2, 0.25) is 5.43 Å². The molecule has 0 aliphatic heterocycles. The van der Waals surface area contributed by atoms with Crippen molar-refractivity contribution in [2.24, 2.45) is 0 Å². The molecule has 1 heterocycles. The molecule has 0 radical (unpaired) electrons. The maximum atomic E-state index is 13.6. The summed E-state index contributed by atoms with van der Waals surface area (Å²) in [5.41, 5.74) is -1.04. The number of aromatic nitrogens is 1. The number of hydrogen-bond donors (Lipinski definition) is 0. The molecule has 1 aliphatic rings. The van der Waals surface area contributed by atoms with E-state index in [1.165, 1.54) is 4.57 Å². The van der Waals surface area contributed by atoms with E-state index in [2.05, 4.69) is 0 Å². The average molecular weight is 260 g/mol. The Morgan fingerprint density at radius 1 is 1.65 bits per heavy atom. The van der Waals surface area contributed by atoms with Crippen molar-refractivity contribution >= 4 is 17.6 Å². The third-order valence-corrected chi connectivity index (χ3v) is 2.91. The molecule has 1 aromatic heterocycles. The zero-order valence-electron chi connectivity index (χ0n) is 9.20. The van der Waals surface area contributed by atoms with E-state index in [1.54, 1.807) is 6.92 Å². The molecule has 0 aromatic carbocycles. The minimum atomic E-state index is -0.808. The number of nitrogens with zero attached hydrogens (tertiary/aromatic N) is 1. The Hall–Kier alpha value is -1.36. The first-order valence-electron chi connectivity index (χ1n) is 5.34. The maximum Gasteiger partial charge on any atom is 0.345 e. The van der Waals surface area contributed by atoms with E-state index in [-0.39, 0.29) is 23.4 Å². The quantitative estimate of drug-likeness (QED) is 0.617. The summed E-state index contributed by atoms with van der Waals surface area (Å²) in [6.07, 6.45) is 1.59. The van der Waals surface area contributed by atoms with Gasteiger partial charge in [0.05, 0.1) is 6.61 Å². The SMILES string of the molecule is CCOC(=O)c1c(Cl)n(C2CC2)c(F)cc1=O. The second-order valence-electron chi connectivity index (χ2n) is 3.82. The molecule has 0 saturated heterocycles. The molecule has 0 amide bonds. The van der Waals surface area contributed by atoms with Gasteiger partial charge in [-0.25, -0.2) is 4.79 Å². The second-order valence-corrected chi connectivity index (χ2v) is 4.18. The Kier molecular flexibility index (Phi) is 3.19. The highest BCUT2D eigenvalue weighted by atomic mass is 35.5. The van der Waals surface area contributed by atoms with E-state index in [0.29, 0.717) is 0 Å². The summed E-state index contributed by atoms with van der Waals surface area (Å²) in [7, 11) is 0. The molecule has 0 atom stereocenters. The van der Waals surface area contributed by atoms with Crippen molar-refractivity contribution in [2.45, 2.75) is 25.8 Å². The molecule has 0 spiro atoms. The monoisotopic (exact) mass is 259 g/mol. The van der Waals surface area contributed by atoms with Crippen LogP contribution in [0.1, 0.15) is 36.2 Å². The van der Waals surface area contributed by atoms with Gasteiger partial charge < -0.3 is 9.30 Å². The van der Waals surface area contributed by atoms with Gasteiger partial charge in [0.15, 0.2) is 5.95 Å². The van der Waals surface area contributed by atoms with Crippen LogP contribution in [0.2, 0.25) is 5.15 Å². The molecule has 1 saturated carbocycles. The fourth-order valence-corrected chi connectivity index (χ4v) is 2.01. The lowest BCUT2D eigenvalue weighted by atomic mass is 10.2. The summed E-state index contributed by atoms with van der Waals surface area (Å²) in [6, 6.07) is 0.715. The van der Waals surface area contributed by atoms with Gasteiger partial charge >= 0.3 is 5.97 Å². The summed E-state index contributed by atoms with van der Waals surface area (Å²) in [5, 5.41) is -0.170. The normalized spacial score (nSPS) is 14.8. The van der Waals surface area contributed by atoms with E-state index in [4.69, 9.17) is 16.3 Å². The third kappa shape index (κ3) is 2.20. The first kappa shape index (κ1) is 12.1. The molecule has 1 aromatic rings. The van der Waals surface area contributed by atoms with E-state index in [1.807, 2.05) is 0 Å². The van der Waals surface area contributed by atoms with Gasteiger partial charge in [-0.15, -0.1) is 0 Å². The molecular formula is C11H11ClFNO3. The Labute approximate surface area is 102 Å². The molecule has 6 heteroatoms. The Balaban J connectivity index is 2.54. The van der Waals surface area contributed by atoms with Gasteiger partial charge in [-0.05, 0) is 19.8 Å². The highest BCUT2D eigenvalue weighted by Gasteiger charge is 2.31. The van der Waals surface area contributed by atoms with Crippen LogP contribution in [0.4, 0.5) is 4.39 Å². The van der Waals surface area contributed by atoms with Gasteiger partial charge in [-0.2, -0.15) is 4.39 Å². The first-order chi connectivity index (χ1) is 8.06. The van der Waals surface area contributed by atoms with E-state index in [0.717, 1.165) is 18.9 Å². The largest absolute Gasteiger partial charge is 0.462 e. The number of ether oxygens (including phenoxy) is 1. The fraction of sp³-hybridized carbons (Fsp3) is 0.455. The van der Waals surface area contributed by atoms with Crippen molar-refractivity contribution in [3.63, 3.8) is 0 Å². The molecule has 0 unspecified atom stereocenters. The smallest absolute Gasteiger partial charge is 0.345 e. The minimum Gasteiger partial charge on any atom is -0.462 e. The third-order valence-electron chi connectivity index (χ3n) is 2.54. The van der Waals surface area contributed by atoms with Gasteiger partial charge in [-0.3, -0.25) is 4.79 Å². The number of esters is 1. The van der Waals surface area contributed by atoms with E-state index >= 15 is 0 Å². The Morgan fingerprint density at radius 2 is 2.29 bits per heavy atom. The summed E-state index contributed by atoms with van der Waals surface area (Å²) < 4.78 is 19.5. The van der Waals surface area contributed by atoms with E-state index < -0.39 is 17.3 Å². The predicted octanol–water partition coefficient (Wildman–Crippen LogP) is 2.15. The number of hydrogen-bond acceptors (Lipinski definition) is 3. The highest BCUT2D eigenvalue weighted by molar-refractivity contribution is 6.32. The number of carbonyl (C=O) groups is 1. The van der Waals surface area contributed by atoms with Gasteiger partial charge in [0.25, 0.3) is 0 Å². The molecule has 17 heavy (non-hydrogen) atoms. The number of halogens is 2. The molecular weight excluding hydrogens is 249 g/mol. The van der Waals surface area contributed by atoms with Crippen molar-refractivity contribution in [2.75, 3.05) is 6.61 Å². The van der Waals surface area contributed by atoms with Crippen LogP contribution in [0.5, 0.6) is 0 Å². The minimum absolute atomic E-state index is 0.0590. The van der Waals surface area contributed by atoms with Crippen LogP contribution in [0, 0.1) is 5.95 Å². The van der Waals surface area contributed by atoms with Crippen molar-refractivity contribution in [1.29, 1.82) is 0 Å². The van der Waals surface area contributed by atoms with E-state index in [9.17, 15) is 14.0 Å². The fourth-order valence-electron chi connectivity index (χ4n) is 1.62. The van der Waals surface area contributed by atoms with Crippen molar-refractivity contribution in [1.82, 2.24) is 4.57 Å². The topological polar surface area (TPSA) is 48.3 Å². The second kappa shape index (κ2) is 4.49. The van der Waals surface area contributed by atoms with Crippen LogP contribution in [0.15, 0.2) is 10.9 Å². The van der Waals surface area contributed by atoms with Gasteiger partial charge in [-0.1, -0.05) is 11.6 Å². The van der Waals surface area contributed by atoms with Crippen LogP contribution in [-0.2, 0) is 4.74 Å². The summed E-state index contributed by atoms with van der Waals surface area (Å²) in [5.74, 6) is -1.52. The highest BCUT2D eigenvalue weighted by Crippen LogP contribution is 2.38. The molecule has 92 valence electrons. The van der Waals surface area contributed by atoms with Crippen LogP contribution in [0.3, 0.4) is 0 Å². The number of carbonyl (C=O) groups excluding carboxylic acids is 1. The van der Waals surface area contributed by atoms with Crippen molar-refractivity contribution in [3.05, 3.63) is 33.0 Å². The van der Waals surface area contributed by atoms with Gasteiger partial charge in [0.1, 0.15) is 10.7 Å². The summed E-state index contributed by atoms with van der Waals surface area (Å²) in [4.78, 5) is 23.1. The molecule has 1 aliphatic carbocycles. The number of pyridine rings is 1. The summed E-state index contributed by atoms with van der Waals surface area (Å²) in [6.45, 7) is 1.75. The van der Waals surface area contributed by atoms with Gasteiger partial charge in [0, 0.05) is 12.1 Å². The molecule has 1 fully saturated rings. The summed E-state index contributed by atoms with van der Waals surface area (Å²) >= 11 is 5.91. The van der Waals surface area contributed by atoms with Crippen LogP contribution in [0.25, 0.3) is 0 Å². The Morgan fingerprint density at radius 3 is 2.82 bits per heavy atom. The zero-order valence-corrected chi connectivity index (χ0v) is 9.96. The molecule has 4 nitrogen and oxygen atoms in total. The lowest BCUT2D eigenvalue weighted by Crippen LogP contribution is -2.22. The van der Waals surface area contributed by atoms with Crippen molar-refractivity contribution < 1.29 is 13.9 Å². The molecule has 0 N–H and O–H groups in total. The standard InChI is InChI=1S/C11H11ClFNO3/c1-2-17-11(16)9-7(15)5-8(13)14(10(9)12)6-3-4-6/h5-6H,2-4H2,1H3.